The van der Waals surface area contributed by atoms with Crippen molar-refractivity contribution in [2.24, 2.45) is 11.7 Å². The Morgan fingerprint density at radius 1 is 1.62 bits per heavy atom. The summed E-state index contributed by atoms with van der Waals surface area (Å²) in [5, 5.41) is 0. The first-order valence-corrected chi connectivity index (χ1v) is 5.26. The zero-order chi connectivity index (χ0) is 9.84. The maximum absolute atomic E-state index is 5.55. The average Bonchev–Trinajstić information content (AvgIpc) is 2.52. The van der Waals surface area contributed by atoms with Gasteiger partial charge in [-0.05, 0) is 30.9 Å². The molecule has 0 bridgehead atoms. The molecular formula is C11H22N2. The number of hydrogen-bond donors (Lipinski definition) is 1. The molecule has 0 aliphatic carbocycles. The Labute approximate surface area is 81.8 Å². The highest BCUT2D eigenvalue weighted by molar-refractivity contribution is 5.01. The van der Waals surface area contributed by atoms with Crippen molar-refractivity contribution in [1.82, 2.24) is 4.90 Å². The van der Waals surface area contributed by atoms with E-state index in [9.17, 15) is 0 Å². The molecule has 1 unspecified atom stereocenters. The normalized spacial score (nSPS) is 24.2. The van der Waals surface area contributed by atoms with E-state index in [4.69, 9.17) is 5.73 Å². The highest BCUT2D eigenvalue weighted by Crippen LogP contribution is 2.23. The molecule has 1 saturated heterocycles. The van der Waals surface area contributed by atoms with Gasteiger partial charge < -0.3 is 5.73 Å². The van der Waals surface area contributed by atoms with E-state index in [-0.39, 0.29) is 0 Å². The Bertz CT molecular complexity index is 175. The molecule has 0 amide bonds. The van der Waals surface area contributed by atoms with Crippen molar-refractivity contribution in [1.29, 1.82) is 0 Å². The smallest absolute Gasteiger partial charge is 0.0205 e. The lowest BCUT2D eigenvalue weighted by Gasteiger charge is -2.27. The second-order valence-corrected chi connectivity index (χ2v) is 4.38. The number of likely N-dealkylation sites (tertiary alicyclic amines) is 1. The van der Waals surface area contributed by atoms with Crippen LogP contribution >= 0.6 is 0 Å². The average molecular weight is 182 g/mol. The van der Waals surface area contributed by atoms with Crippen LogP contribution in [0.5, 0.6) is 0 Å². The van der Waals surface area contributed by atoms with Gasteiger partial charge in [-0.2, -0.15) is 0 Å². The summed E-state index contributed by atoms with van der Waals surface area (Å²) >= 11 is 0. The fourth-order valence-electron chi connectivity index (χ4n) is 2.15. The predicted octanol–water partition coefficient (Wildman–Crippen LogP) is 1.62. The van der Waals surface area contributed by atoms with Crippen LogP contribution in [0, 0.1) is 5.92 Å². The van der Waals surface area contributed by atoms with E-state index in [1.807, 2.05) is 0 Å². The van der Waals surface area contributed by atoms with Gasteiger partial charge in [0, 0.05) is 19.1 Å². The van der Waals surface area contributed by atoms with E-state index in [1.54, 1.807) is 0 Å². The van der Waals surface area contributed by atoms with Crippen molar-refractivity contribution in [3.8, 4) is 0 Å². The van der Waals surface area contributed by atoms with Gasteiger partial charge in [0.2, 0.25) is 0 Å². The summed E-state index contributed by atoms with van der Waals surface area (Å²) in [7, 11) is 0. The van der Waals surface area contributed by atoms with Crippen LogP contribution in [-0.4, -0.2) is 30.6 Å². The lowest BCUT2D eigenvalue weighted by Crippen LogP contribution is -2.35. The minimum absolute atomic E-state index is 0.626. The lowest BCUT2D eigenvalue weighted by atomic mass is 10.0. The second kappa shape index (κ2) is 4.77. The van der Waals surface area contributed by atoms with Crippen LogP contribution in [0.4, 0.5) is 0 Å². The van der Waals surface area contributed by atoms with Gasteiger partial charge in [-0.3, -0.25) is 4.90 Å². The number of nitrogens with two attached hydrogens (primary N) is 1. The van der Waals surface area contributed by atoms with Gasteiger partial charge in [0.15, 0.2) is 0 Å². The molecule has 13 heavy (non-hydrogen) atoms. The molecule has 1 aliphatic heterocycles. The minimum atomic E-state index is 0.626. The molecule has 1 heterocycles. The van der Waals surface area contributed by atoms with E-state index < -0.39 is 0 Å². The van der Waals surface area contributed by atoms with Crippen molar-refractivity contribution in [3.05, 3.63) is 12.2 Å². The first-order valence-electron chi connectivity index (χ1n) is 5.26. The van der Waals surface area contributed by atoms with Crippen LogP contribution < -0.4 is 5.73 Å². The largest absolute Gasteiger partial charge is 0.327 e. The standard InChI is InChI=1S/C11H22N2/c1-9(2)11-5-4-6-13(11)8-10(3)7-12/h9,11H,3-8,12H2,1-2H3. The first kappa shape index (κ1) is 10.7. The Morgan fingerprint density at radius 3 is 2.85 bits per heavy atom. The molecule has 1 fully saturated rings. The van der Waals surface area contributed by atoms with Gasteiger partial charge in [0.25, 0.3) is 0 Å². The van der Waals surface area contributed by atoms with Gasteiger partial charge in [-0.1, -0.05) is 20.4 Å². The molecule has 0 saturated carbocycles. The van der Waals surface area contributed by atoms with Crippen molar-refractivity contribution >= 4 is 0 Å². The summed E-state index contributed by atoms with van der Waals surface area (Å²) in [6, 6.07) is 0.753. The van der Waals surface area contributed by atoms with Crippen LogP contribution in [0.3, 0.4) is 0 Å². The van der Waals surface area contributed by atoms with Crippen molar-refractivity contribution in [2.45, 2.75) is 32.7 Å². The molecular weight excluding hydrogens is 160 g/mol. The van der Waals surface area contributed by atoms with Crippen LogP contribution in [0.1, 0.15) is 26.7 Å². The Balaban J connectivity index is 2.44. The van der Waals surface area contributed by atoms with Gasteiger partial charge >= 0.3 is 0 Å². The van der Waals surface area contributed by atoms with Crippen LogP contribution in [0.25, 0.3) is 0 Å². The monoisotopic (exact) mass is 182 g/mol. The van der Waals surface area contributed by atoms with E-state index in [2.05, 4.69) is 25.3 Å². The molecule has 0 aromatic carbocycles. The number of hydrogen-bond acceptors (Lipinski definition) is 2. The van der Waals surface area contributed by atoms with Crippen molar-refractivity contribution in [3.63, 3.8) is 0 Å². The fraction of sp³-hybridized carbons (Fsp3) is 0.818. The zero-order valence-corrected chi connectivity index (χ0v) is 8.92. The molecule has 1 rings (SSSR count). The SMILES string of the molecule is C=C(CN)CN1CCCC1C(C)C. The van der Waals surface area contributed by atoms with Crippen molar-refractivity contribution < 1.29 is 0 Å². The van der Waals surface area contributed by atoms with Crippen LogP contribution in [-0.2, 0) is 0 Å². The van der Waals surface area contributed by atoms with Crippen molar-refractivity contribution in [2.75, 3.05) is 19.6 Å². The molecule has 0 aromatic rings. The Morgan fingerprint density at radius 2 is 2.31 bits per heavy atom. The van der Waals surface area contributed by atoms with E-state index in [0.717, 1.165) is 24.1 Å². The fourth-order valence-corrected chi connectivity index (χ4v) is 2.15. The first-order chi connectivity index (χ1) is 6.15. The zero-order valence-electron chi connectivity index (χ0n) is 8.92. The van der Waals surface area contributed by atoms with Crippen LogP contribution in [0.15, 0.2) is 12.2 Å². The molecule has 0 spiro atoms. The van der Waals surface area contributed by atoms with E-state index in [1.165, 1.54) is 19.4 Å². The summed E-state index contributed by atoms with van der Waals surface area (Å²) in [6.07, 6.45) is 2.68. The predicted molar refractivity (Wildman–Crippen MR) is 57.6 cm³/mol. The third kappa shape index (κ3) is 2.82. The van der Waals surface area contributed by atoms with E-state index >= 15 is 0 Å². The summed E-state index contributed by atoms with van der Waals surface area (Å²) in [6.45, 7) is 11.4. The maximum atomic E-state index is 5.55. The second-order valence-electron chi connectivity index (χ2n) is 4.38. The summed E-state index contributed by atoms with van der Waals surface area (Å²) in [4.78, 5) is 2.53. The third-order valence-corrected chi connectivity index (χ3v) is 2.90. The topological polar surface area (TPSA) is 29.3 Å². The molecule has 0 aromatic heterocycles. The highest BCUT2D eigenvalue weighted by Gasteiger charge is 2.26. The quantitative estimate of drug-likeness (QED) is 0.669. The Kier molecular flexibility index (Phi) is 3.94. The van der Waals surface area contributed by atoms with Gasteiger partial charge in [-0.25, -0.2) is 0 Å². The Hall–Kier alpha value is -0.340. The maximum Gasteiger partial charge on any atom is 0.0205 e. The molecule has 2 heteroatoms. The number of nitrogens with zero attached hydrogens (tertiary/aromatic N) is 1. The molecule has 2 N–H and O–H groups in total. The molecule has 0 radical (unpaired) electrons. The highest BCUT2D eigenvalue weighted by atomic mass is 15.2. The molecule has 1 atom stereocenters. The molecule has 1 aliphatic rings. The van der Waals surface area contributed by atoms with Gasteiger partial charge in [-0.15, -0.1) is 0 Å². The lowest BCUT2D eigenvalue weighted by molar-refractivity contribution is 0.222. The third-order valence-electron chi connectivity index (χ3n) is 2.90. The summed E-state index contributed by atoms with van der Waals surface area (Å²) in [5.41, 5.74) is 6.71. The van der Waals surface area contributed by atoms with E-state index in [0.29, 0.717) is 6.54 Å². The van der Waals surface area contributed by atoms with Gasteiger partial charge in [0.1, 0.15) is 0 Å². The van der Waals surface area contributed by atoms with Gasteiger partial charge in [0.05, 0.1) is 0 Å². The van der Waals surface area contributed by atoms with Crippen LogP contribution in [0.2, 0.25) is 0 Å². The minimum Gasteiger partial charge on any atom is -0.327 e. The molecule has 2 nitrogen and oxygen atoms in total. The summed E-state index contributed by atoms with van der Waals surface area (Å²) in [5.74, 6) is 0.757. The summed E-state index contributed by atoms with van der Waals surface area (Å²) < 4.78 is 0. The number of rotatable bonds is 4. The molecule has 76 valence electrons.